The van der Waals surface area contributed by atoms with Crippen LogP contribution in [0.15, 0.2) is 35.7 Å². The topological polar surface area (TPSA) is 47.3 Å². The molecule has 0 spiro atoms. The molecule has 0 aromatic rings. The molecular formula is C16H28N2O. The molecule has 0 radical (unpaired) electrons. The molecule has 3 heteroatoms. The first-order valence-electron chi connectivity index (χ1n) is 7.11. The lowest BCUT2D eigenvalue weighted by Crippen LogP contribution is -2.51. The first-order valence-corrected chi connectivity index (χ1v) is 7.11. The van der Waals surface area contributed by atoms with Gasteiger partial charge in [-0.3, -0.25) is 0 Å². The van der Waals surface area contributed by atoms with Gasteiger partial charge in [0.2, 0.25) is 0 Å². The monoisotopic (exact) mass is 264 g/mol. The summed E-state index contributed by atoms with van der Waals surface area (Å²) in [5.41, 5.74) is 9.22. The molecule has 1 rings (SSSR count). The summed E-state index contributed by atoms with van der Waals surface area (Å²) in [7, 11) is 1.78. The van der Waals surface area contributed by atoms with Gasteiger partial charge in [-0.1, -0.05) is 39.8 Å². The summed E-state index contributed by atoms with van der Waals surface area (Å²) in [6.07, 6.45) is 4.34. The van der Waals surface area contributed by atoms with Crippen molar-refractivity contribution in [3.8, 4) is 0 Å². The first kappa shape index (κ1) is 15.8. The van der Waals surface area contributed by atoms with Crippen molar-refractivity contribution in [3.05, 3.63) is 35.7 Å². The third-order valence-corrected chi connectivity index (χ3v) is 4.22. The van der Waals surface area contributed by atoms with Crippen LogP contribution in [0.25, 0.3) is 0 Å². The zero-order valence-electron chi connectivity index (χ0n) is 12.8. The van der Waals surface area contributed by atoms with E-state index in [1.807, 2.05) is 0 Å². The average molecular weight is 264 g/mol. The maximum Gasteiger partial charge on any atom is 0.0850 e. The third-order valence-electron chi connectivity index (χ3n) is 4.22. The molecule has 1 aliphatic carbocycles. The Bertz CT molecular complexity index is 398. The lowest BCUT2D eigenvalue weighted by molar-refractivity contribution is -0.0324. The van der Waals surface area contributed by atoms with E-state index in [-0.39, 0.29) is 11.6 Å². The van der Waals surface area contributed by atoms with Gasteiger partial charge >= 0.3 is 0 Å². The highest BCUT2D eigenvalue weighted by Crippen LogP contribution is 2.34. The van der Waals surface area contributed by atoms with Gasteiger partial charge in [-0.2, -0.15) is 0 Å². The molecule has 108 valence electrons. The van der Waals surface area contributed by atoms with Gasteiger partial charge in [0, 0.05) is 18.3 Å². The normalized spacial score (nSPS) is 20.0. The summed E-state index contributed by atoms with van der Waals surface area (Å²) in [4.78, 5) is 0. The fourth-order valence-electron chi connectivity index (χ4n) is 2.54. The number of unbranched alkanes of at least 4 members (excludes halogenated alkanes) is 1. The molecule has 0 aromatic carbocycles. The number of rotatable bonds is 8. The average Bonchev–Trinajstić information content (AvgIpc) is 2.44. The van der Waals surface area contributed by atoms with Crippen molar-refractivity contribution in [1.29, 1.82) is 0 Å². The van der Waals surface area contributed by atoms with Gasteiger partial charge in [-0.15, -0.1) is 0 Å². The number of ether oxygens (including phenoxy) is 1. The molecule has 2 atom stereocenters. The van der Waals surface area contributed by atoms with Crippen molar-refractivity contribution in [1.82, 2.24) is 5.32 Å². The van der Waals surface area contributed by atoms with E-state index in [9.17, 15) is 0 Å². The van der Waals surface area contributed by atoms with Crippen LogP contribution in [-0.2, 0) is 4.74 Å². The van der Waals surface area contributed by atoms with E-state index in [0.29, 0.717) is 0 Å². The molecule has 0 saturated carbocycles. The maximum absolute atomic E-state index is 5.96. The Kier molecular flexibility index (Phi) is 5.24. The van der Waals surface area contributed by atoms with E-state index in [1.165, 1.54) is 6.42 Å². The van der Waals surface area contributed by atoms with Crippen LogP contribution in [0, 0.1) is 0 Å². The predicted molar refractivity (Wildman–Crippen MR) is 81.6 cm³/mol. The Morgan fingerprint density at radius 1 is 1.32 bits per heavy atom. The van der Waals surface area contributed by atoms with Crippen LogP contribution in [0.5, 0.6) is 0 Å². The second-order valence-corrected chi connectivity index (χ2v) is 5.47. The minimum Gasteiger partial charge on any atom is -0.397 e. The maximum atomic E-state index is 5.96. The number of allylic oxidation sites excluding steroid dienone is 2. The number of nitrogens with two attached hydrogens (primary N) is 1. The van der Waals surface area contributed by atoms with E-state index < -0.39 is 0 Å². The van der Waals surface area contributed by atoms with Crippen LogP contribution < -0.4 is 11.1 Å². The summed E-state index contributed by atoms with van der Waals surface area (Å²) in [6, 6.07) is 0.224. The number of hydrogen-bond acceptors (Lipinski definition) is 3. The van der Waals surface area contributed by atoms with Gasteiger partial charge in [0.05, 0.1) is 23.0 Å². The smallest absolute Gasteiger partial charge is 0.0850 e. The van der Waals surface area contributed by atoms with Gasteiger partial charge in [0.1, 0.15) is 0 Å². The van der Waals surface area contributed by atoms with Crippen LogP contribution >= 0.6 is 0 Å². The SMILES string of the molecule is C=C1C(=C)C(N[C@H](CC)[C@@](C)(CCCC)OC)=C1N. The van der Waals surface area contributed by atoms with Gasteiger partial charge in [-0.05, 0) is 19.8 Å². The summed E-state index contributed by atoms with van der Waals surface area (Å²) >= 11 is 0. The molecule has 0 heterocycles. The lowest BCUT2D eigenvalue weighted by Gasteiger charge is -2.40. The summed E-state index contributed by atoms with van der Waals surface area (Å²) in [6.45, 7) is 14.4. The van der Waals surface area contributed by atoms with E-state index in [2.05, 4.69) is 39.2 Å². The van der Waals surface area contributed by atoms with Gasteiger partial charge in [0.25, 0.3) is 0 Å². The van der Waals surface area contributed by atoms with Crippen molar-refractivity contribution < 1.29 is 4.74 Å². The summed E-state index contributed by atoms with van der Waals surface area (Å²) < 4.78 is 5.78. The summed E-state index contributed by atoms with van der Waals surface area (Å²) in [5.74, 6) is 0. The molecule has 19 heavy (non-hydrogen) atoms. The van der Waals surface area contributed by atoms with Gasteiger partial charge in [0.15, 0.2) is 0 Å². The Hall–Kier alpha value is -1.22. The standard InChI is InChI=1S/C16H28N2O/c1-7-9-10-16(5,19-6)13(8-2)18-15-12(4)11(3)14(15)17/h13,18H,3-4,7-10,17H2,1-2,5-6H3/t13-,16-/m1/s1. The zero-order valence-corrected chi connectivity index (χ0v) is 12.8. The quantitative estimate of drug-likeness (QED) is 0.707. The van der Waals surface area contributed by atoms with Crippen molar-refractivity contribution in [2.45, 2.75) is 58.1 Å². The lowest BCUT2D eigenvalue weighted by atomic mass is 9.85. The molecule has 0 aromatic heterocycles. The van der Waals surface area contributed by atoms with Crippen molar-refractivity contribution in [2.75, 3.05) is 7.11 Å². The van der Waals surface area contributed by atoms with Crippen molar-refractivity contribution in [3.63, 3.8) is 0 Å². The zero-order chi connectivity index (χ0) is 14.6. The van der Waals surface area contributed by atoms with E-state index in [4.69, 9.17) is 10.5 Å². The Morgan fingerprint density at radius 3 is 2.37 bits per heavy atom. The second kappa shape index (κ2) is 6.29. The molecule has 1 aliphatic rings. The molecule has 0 amide bonds. The van der Waals surface area contributed by atoms with Crippen LogP contribution in [0.2, 0.25) is 0 Å². The predicted octanol–water partition coefficient (Wildman–Crippen LogP) is 3.25. The van der Waals surface area contributed by atoms with Crippen molar-refractivity contribution >= 4 is 0 Å². The summed E-state index contributed by atoms with van der Waals surface area (Å²) in [5, 5.41) is 3.50. The van der Waals surface area contributed by atoms with Crippen LogP contribution in [-0.4, -0.2) is 18.8 Å². The largest absolute Gasteiger partial charge is 0.397 e. The molecule has 0 bridgehead atoms. The third kappa shape index (κ3) is 3.03. The minimum absolute atomic E-state index is 0.185. The first-order chi connectivity index (χ1) is 8.91. The molecular weight excluding hydrogens is 236 g/mol. The van der Waals surface area contributed by atoms with Crippen LogP contribution in [0.3, 0.4) is 0 Å². The van der Waals surface area contributed by atoms with Crippen LogP contribution in [0.4, 0.5) is 0 Å². The molecule has 0 fully saturated rings. The number of hydrogen-bond donors (Lipinski definition) is 2. The Balaban J connectivity index is 2.82. The molecule has 3 N–H and O–H groups in total. The molecule has 0 unspecified atom stereocenters. The highest BCUT2D eigenvalue weighted by Gasteiger charge is 2.35. The fraction of sp³-hybridized carbons (Fsp3) is 0.625. The van der Waals surface area contributed by atoms with E-state index in [0.717, 1.165) is 41.8 Å². The highest BCUT2D eigenvalue weighted by atomic mass is 16.5. The number of methoxy groups -OCH3 is 1. The van der Waals surface area contributed by atoms with E-state index >= 15 is 0 Å². The van der Waals surface area contributed by atoms with Crippen molar-refractivity contribution in [2.24, 2.45) is 5.73 Å². The molecule has 3 nitrogen and oxygen atoms in total. The molecule has 0 aliphatic heterocycles. The fourth-order valence-corrected chi connectivity index (χ4v) is 2.54. The molecule has 0 saturated heterocycles. The van der Waals surface area contributed by atoms with Crippen LogP contribution in [0.1, 0.15) is 46.5 Å². The Labute approximate surface area is 117 Å². The van der Waals surface area contributed by atoms with Gasteiger partial charge in [-0.25, -0.2) is 0 Å². The number of nitrogens with one attached hydrogen (secondary N) is 1. The van der Waals surface area contributed by atoms with E-state index in [1.54, 1.807) is 7.11 Å². The second-order valence-electron chi connectivity index (χ2n) is 5.47. The highest BCUT2D eigenvalue weighted by molar-refractivity contribution is 5.65. The minimum atomic E-state index is -0.185. The van der Waals surface area contributed by atoms with Gasteiger partial charge < -0.3 is 15.8 Å². The Morgan fingerprint density at radius 2 is 1.95 bits per heavy atom.